The third kappa shape index (κ3) is 15.2. The molecule has 0 bridgehead atoms. The number of aromatic amines is 1. The van der Waals surface area contributed by atoms with Crippen molar-refractivity contribution in [1.29, 1.82) is 0 Å². The summed E-state index contributed by atoms with van der Waals surface area (Å²) < 4.78 is 19.1. The average molecular weight is 1130 g/mol. The van der Waals surface area contributed by atoms with Gasteiger partial charge in [-0.1, -0.05) is 52.0 Å². The number of thiazole rings is 1. The standard InChI is InChI=1S/C60H79N11O9S/c1-10-39(4)71-50-29-45(28-47(49(50)33-64-71)56(74)62-32-48-37(2)27-38(3)65-57(48)75)44-15-16-52(61-31-44)69-19-17-68(18-20-69)21-22-78-23-24-79-25-26-80-35-53(73)67-55(60(7,8)9)59(77)70-34-46(72)30-51(70)58(76)66-40(5)42-11-13-43(14-12-42)54-41(6)63-36-81-54/h11-16,27-29,31,33,36,39-40,46,51,55,72H,10,17-26,30,32,34-35H2,1-9H3,(H,62,74)(H,65,75)(H,66,76)(H,67,73)/t39-,40-,46+,51-,55+/m0/s1. The average Bonchev–Trinajstić information content (AvgIpc) is 4.44. The maximum absolute atomic E-state index is 14.1. The van der Waals surface area contributed by atoms with Crippen LogP contribution in [-0.2, 0) is 35.1 Å². The molecule has 4 amide bonds. The number of pyridine rings is 2. The zero-order valence-electron chi connectivity index (χ0n) is 48.2. The van der Waals surface area contributed by atoms with Gasteiger partial charge in [-0.25, -0.2) is 9.97 Å². The molecule has 21 heteroatoms. The van der Waals surface area contributed by atoms with E-state index in [9.17, 15) is 29.1 Å². The van der Waals surface area contributed by atoms with Gasteiger partial charge in [0.05, 0.1) is 78.5 Å². The monoisotopic (exact) mass is 1130 g/mol. The fourth-order valence-electron chi connectivity index (χ4n) is 10.4. The Balaban J connectivity index is 0.720. The number of carbonyl (C=O) groups is 4. The molecule has 2 aliphatic heterocycles. The molecule has 8 rings (SSSR count). The Morgan fingerprint density at radius 2 is 1.56 bits per heavy atom. The summed E-state index contributed by atoms with van der Waals surface area (Å²) in [6, 6.07) is 15.7. The molecule has 4 aromatic heterocycles. The number of anilines is 1. The van der Waals surface area contributed by atoms with E-state index in [1.54, 1.807) is 17.5 Å². The zero-order valence-corrected chi connectivity index (χ0v) is 49.0. The van der Waals surface area contributed by atoms with Crippen LogP contribution in [0.1, 0.15) is 105 Å². The van der Waals surface area contributed by atoms with E-state index in [0.717, 1.165) is 99.9 Å². The first-order chi connectivity index (χ1) is 38.8. The van der Waals surface area contributed by atoms with E-state index in [2.05, 4.69) is 60.7 Å². The van der Waals surface area contributed by atoms with Crippen LogP contribution in [0, 0.1) is 26.2 Å². The minimum atomic E-state index is -0.975. The zero-order chi connectivity index (χ0) is 58.0. The number of rotatable bonds is 24. The first kappa shape index (κ1) is 60.2. The highest BCUT2D eigenvalue weighted by atomic mass is 32.1. The number of hydrogen-bond acceptors (Lipinski definition) is 15. The Morgan fingerprint density at radius 3 is 2.21 bits per heavy atom. The van der Waals surface area contributed by atoms with Crippen molar-refractivity contribution in [3.8, 4) is 21.6 Å². The molecular weight excluding hydrogens is 1050 g/mol. The second kappa shape index (κ2) is 27.3. The number of likely N-dealkylation sites (tertiary alicyclic amines) is 1. The summed E-state index contributed by atoms with van der Waals surface area (Å²) in [6.45, 7) is 22.9. The number of aliphatic hydroxyl groups is 1. The summed E-state index contributed by atoms with van der Waals surface area (Å²) in [4.78, 5) is 86.6. The van der Waals surface area contributed by atoms with E-state index in [0.29, 0.717) is 30.9 Å². The highest BCUT2D eigenvalue weighted by molar-refractivity contribution is 7.13. The molecule has 81 heavy (non-hydrogen) atoms. The van der Waals surface area contributed by atoms with Gasteiger partial charge in [-0.3, -0.25) is 33.6 Å². The minimum Gasteiger partial charge on any atom is -0.391 e. The van der Waals surface area contributed by atoms with Gasteiger partial charge in [0.2, 0.25) is 17.7 Å². The highest BCUT2D eigenvalue weighted by Crippen LogP contribution is 2.33. The number of aryl methyl sites for hydroxylation is 3. The topological polar surface area (TPSA) is 238 Å². The lowest BCUT2D eigenvalue weighted by molar-refractivity contribution is -0.144. The normalized spacial score (nSPS) is 17.1. The number of H-pyrrole nitrogens is 1. The van der Waals surface area contributed by atoms with Gasteiger partial charge in [-0.15, -0.1) is 11.3 Å². The Kier molecular flexibility index (Phi) is 20.3. The van der Waals surface area contributed by atoms with Crippen LogP contribution in [0.2, 0.25) is 0 Å². The lowest BCUT2D eigenvalue weighted by Gasteiger charge is -2.35. The fourth-order valence-corrected chi connectivity index (χ4v) is 11.2. The Morgan fingerprint density at radius 1 is 0.852 bits per heavy atom. The van der Waals surface area contributed by atoms with Crippen LogP contribution in [0.5, 0.6) is 0 Å². The smallest absolute Gasteiger partial charge is 0.253 e. The van der Waals surface area contributed by atoms with E-state index in [-0.39, 0.29) is 68.8 Å². The Hall–Kier alpha value is -6.88. The van der Waals surface area contributed by atoms with E-state index in [4.69, 9.17) is 19.2 Å². The second-order valence-corrected chi connectivity index (χ2v) is 23.2. The first-order valence-electron chi connectivity index (χ1n) is 28.0. The molecule has 5 atom stereocenters. The number of fused-ring (bicyclic) bond motifs is 1. The van der Waals surface area contributed by atoms with Crippen LogP contribution in [0.4, 0.5) is 5.82 Å². The van der Waals surface area contributed by atoms with Crippen molar-refractivity contribution in [3.63, 3.8) is 0 Å². The van der Waals surface area contributed by atoms with Gasteiger partial charge in [0, 0.05) is 86.7 Å². The first-order valence-corrected chi connectivity index (χ1v) is 28.9. The molecule has 5 N–H and O–H groups in total. The number of nitrogens with zero attached hydrogens (tertiary/aromatic N) is 7. The van der Waals surface area contributed by atoms with Crippen molar-refractivity contribution in [2.75, 3.05) is 83.8 Å². The molecule has 20 nitrogen and oxygen atoms in total. The molecule has 6 aromatic rings. The predicted octanol–water partition coefficient (Wildman–Crippen LogP) is 6.28. The number of hydrogen-bond donors (Lipinski definition) is 5. The molecule has 0 unspecified atom stereocenters. The number of β-amino-alcohol motifs (C(OH)–C–C–N with tert-alkyl or cyclic N) is 1. The molecule has 2 aliphatic rings. The number of aliphatic hydroxyl groups excluding tert-OH is 1. The van der Waals surface area contributed by atoms with Crippen molar-refractivity contribution in [3.05, 3.63) is 116 Å². The van der Waals surface area contributed by atoms with Crippen molar-refractivity contribution < 1.29 is 38.5 Å². The molecule has 2 saturated heterocycles. The largest absolute Gasteiger partial charge is 0.391 e. The SMILES string of the molecule is CC[C@H](C)n1ncc2c(C(=O)NCc3c(C)cc(C)[nH]c3=O)cc(-c3ccc(N4CCN(CCOCCOCCOCC(=O)N[C@H](C(=O)N5C[C@H](O)C[C@H]5C(=O)N[C@@H](C)c5ccc(-c6scnc6C)cc5)C(C)(C)C)CC4)nc3)cc21. The molecular formula is C60H79N11O9S. The highest BCUT2D eigenvalue weighted by Gasteiger charge is 2.45. The van der Waals surface area contributed by atoms with Gasteiger partial charge in [0.1, 0.15) is 24.5 Å². The lowest BCUT2D eigenvalue weighted by Crippen LogP contribution is -2.58. The molecule has 6 heterocycles. The molecule has 434 valence electrons. The van der Waals surface area contributed by atoms with E-state index in [1.165, 1.54) is 4.90 Å². The Labute approximate surface area is 478 Å². The predicted molar refractivity (Wildman–Crippen MR) is 313 cm³/mol. The summed E-state index contributed by atoms with van der Waals surface area (Å²) in [5.41, 5.74) is 8.97. The van der Waals surface area contributed by atoms with Crippen LogP contribution in [-0.4, -0.2) is 160 Å². The number of amides is 4. The number of ether oxygens (including phenoxy) is 3. The third-order valence-electron chi connectivity index (χ3n) is 15.3. The summed E-state index contributed by atoms with van der Waals surface area (Å²) >= 11 is 1.57. The van der Waals surface area contributed by atoms with Crippen molar-refractivity contribution >= 4 is 51.7 Å². The van der Waals surface area contributed by atoms with Crippen LogP contribution in [0.3, 0.4) is 0 Å². The molecule has 0 aliphatic carbocycles. The number of aromatic nitrogens is 5. The van der Waals surface area contributed by atoms with Crippen LogP contribution < -0.4 is 26.4 Å². The van der Waals surface area contributed by atoms with Gasteiger partial charge in [-0.2, -0.15) is 5.10 Å². The van der Waals surface area contributed by atoms with E-state index >= 15 is 0 Å². The summed E-state index contributed by atoms with van der Waals surface area (Å²) in [5.74, 6) is -0.705. The second-order valence-electron chi connectivity index (χ2n) is 22.3. The van der Waals surface area contributed by atoms with Crippen LogP contribution >= 0.6 is 11.3 Å². The van der Waals surface area contributed by atoms with Crippen LogP contribution in [0.25, 0.3) is 32.5 Å². The number of benzene rings is 2. The van der Waals surface area contributed by atoms with E-state index < -0.39 is 35.4 Å². The molecule has 0 spiro atoms. The maximum Gasteiger partial charge on any atom is 0.253 e. The molecule has 0 radical (unpaired) electrons. The quantitative estimate of drug-likeness (QED) is 0.0420. The van der Waals surface area contributed by atoms with Gasteiger partial charge in [-0.05, 0) is 99.0 Å². The van der Waals surface area contributed by atoms with Crippen molar-refractivity contribution in [2.24, 2.45) is 5.41 Å². The summed E-state index contributed by atoms with van der Waals surface area (Å²) in [6.07, 6.45) is 3.67. The van der Waals surface area contributed by atoms with Gasteiger partial charge < -0.3 is 50.1 Å². The van der Waals surface area contributed by atoms with E-state index in [1.807, 2.05) is 113 Å². The molecule has 2 aromatic carbocycles. The van der Waals surface area contributed by atoms with Crippen molar-refractivity contribution in [1.82, 2.24) is 50.5 Å². The minimum absolute atomic E-state index is 0.0237. The lowest BCUT2D eigenvalue weighted by atomic mass is 9.85. The number of carbonyl (C=O) groups excluding carboxylic acids is 4. The number of piperazine rings is 1. The summed E-state index contributed by atoms with van der Waals surface area (Å²) in [5, 5.41) is 24.9. The molecule has 2 fully saturated rings. The maximum atomic E-state index is 14.1. The van der Waals surface area contributed by atoms with Gasteiger partial charge in [0.25, 0.3) is 11.5 Å². The fraction of sp³-hybridized carbons (Fsp3) is 0.500. The third-order valence-corrected chi connectivity index (χ3v) is 16.2. The number of nitrogens with one attached hydrogen (secondary N) is 4. The van der Waals surface area contributed by atoms with Crippen molar-refractivity contribution in [2.45, 2.75) is 112 Å². The van der Waals surface area contributed by atoms with Gasteiger partial charge in [0.15, 0.2) is 0 Å². The van der Waals surface area contributed by atoms with Gasteiger partial charge >= 0.3 is 0 Å². The summed E-state index contributed by atoms with van der Waals surface area (Å²) in [7, 11) is 0. The van der Waals surface area contributed by atoms with Crippen LogP contribution in [0.15, 0.2) is 77.3 Å². The molecule has 0 saturated carbocycles. The Bertz CT molecular complexity index is 3180.